The first kappa shape index (κ1) is 9.86. The van der Waals surface area contributed by atoms with E-state index in [4.69, 9.17) is 0 Å². The fourth-order valence-electron chi connectivity index (χ4n) is 0.790. The molecule has 0 aliphatic carbocycles. The van der Waals surface area contributed by atoms with E-state index >= 15 is 0 Å². The molecule has 4 heteroatoms. The van der Waals surface area contributed by atoms with E-state index in [2.05, 4.69) is 16.6 Å². The highest BCUT2D eigenvalue weighted by Gasteiger charge is 2.21. The number of hydrogen-bond donors (Lipinski definition) is 1. The Morgan fingerprint density at radius 3 is 2.67 bits per heavy atom. The van der Waals surface area contributed by atoms with Crippen LogP contribution in [-0.4, -0.2) is 4.98 Å². The Labute approximate surface area is 80.6 Å². The molecule has 0 bridgehead atoms. The third kappa shape index (κ3) is 2.14. The van der Waals surface area contributed by atoms with Crippen molar-refractivity contribution < 1.29 is 4.39 Å². The molecule has 1 heterocycles. The Bertz CT molecular complexity index is 276. The molecule has 0 N–H and O–H groups in total. The zero-order valence-corrected chi connectivity index (χ0v) is 8.62. The number of nitrogens with zero attached hydrogens (tertiary/aromatic N) is 1. The average molecular weight is 203 g/mol. The molecule has 0 radical (unpaired) electrons. The molecule has 0 spiro atoms. The third-order valence-electron chi connectivity index (χ3n) is 1.56. The van der Waals surface area contributed by atoms with Gasteiger partial charge in [0.25, 0.3) is 0 Å². The highest BCUT2D eigenvalue weighted by Crippen LogP contribution is 2.36. The molecular weight excluding hydrogens is 193 g/mol. The SMILES string of the molecule is CC(C)(SS)c1cccc(F)n1. The Balaban J connectivity index is 3.03. The molecule has 12 heavy (non-hydrogen) atoms. The number of hydrogen-bond acceptors (Lipinski definition) is 3. The fourth-order valence-corrected chi connectivity index (χ4v) is 1.28. The van der Waals surface area contributed by atoms with Gasteiger partial charge in [-0.1, -0.05) is 16.9 Å². The van der Waals surface area contributed by atoms with Crippen molar-refractivity contribution in [3.8, 4) is 0 Å². The quantitative estimate of drug-likeness (QED) is 0.451. The first-order valence-corrected chi connectivity index (χ1v) is 5.39. The highest BCUT2D eigenvalue weighted by atomic mass is 33.1. The van der Waals surface area contributed by atoms with Crippen LogP contribution >= 0.6 is 22.5 Å². The Kier molecular flexibility index (Phi) is 3.01. The minimum absolute atomic E-state index is 0.245. The second-order valence-electron chi connectivity index (χ2n) is 2.95. The van der Waals surface area contributed by atoms with E-state index in [0.717, 1.165) is 0 Å². The molecule has 0 amide bonds. The average Bonchev–Trinajstić information content (AvgIpc) is 2.05. The molecule has 0 aliphatic rings. The molecule has 0 saturated heterocycles. The maximum absolute atomic E-state index is 12.7. The second-order valence-corrected chi connectivity index (χ2v) is 4.70. The number of aromatic nitrogens is 1. The molecule has 1 rings (SSSR count). The van der Waals surface area contributed by atoms with Gasteiger partial charge >= 0.3 is 0 Å². The van der Waals surface area contributed by atoms with Crippen molar-refractivity contribution in [2.75, 3.05) is 0 Å². The molecule has 0 unspecified atom stereocenters. The van der Waals surface area contributed by atoms with Crippen molar-refractivity contribution >= 4 is 22.5 Å². The summed E-state index contributed by atoms with van der Waals surface area (Å²) in [5, 5.41) is 0. The summed E-state index contributed by atoms with van der Waals surface area (Å²) in [6.07, 6.45) is 0. The van der Waals surface area contributed by atoms with Gasteiger partial charge in [0.15, 0.2) is 0 Å². The van der Waals surface area contributed by atoms with Crippen LogP contribution in [0.25, 0.3) is 0 Å². The van der Waals surface area contributed by atoms with Gasteiger partial charge in [-0.05, 0) is 26.0 Å². The normalized spacial score (nSPS) is 11.7. The number of rotatable bonds is 2. The van der Waals surface area contributed by atoms with Gasteiger partial charge in [0.2, 0.25) is 5.95 Å². The molecule has 66 valence electrons. The first-order chi connectivity index (χ1) is 5.56. The van der Waals surface area contributed by atoms with Gasteiger partial charge in [0.1, 0.15) is 0 Å². The summed E-state index contributed by atoms with van der Waals surface area (Å²) in [6.45, 7) is 3.90. The predicted octanol–water partition coefficient (Wildman–Crippen LogP) is 3.03. The summed E-state index contributed by atoms with van der Waals surface area (Å²) in [7, 11) is 1.35. The van der Waals surface area contributed by atoms with Crippen LogP contribution in [0.4, 0.5) is 4.39 Å². The van der Waals surface area contributed by atoms with Crippen LogP contribution in [0.2, 0.25) is 0 Å². The summed E-state index contributed by atoms with van der Waals surface area (Å²) in [5.74, 6) is -0.442. The predicted molar refractivity (Wildman–Crippen MR) is 53.8 cm³/mol. The second kappa shape index (κ2) is 3.66. The van der Waals surface area contributed by atoms with Gasteiger partial charge in [0, 0.05) is 0 Å². The van der Waals surface area contributed by atoms with Gasteiger partial charge in [-0.15, -0.1) is 11.7 Å². The maximum Gasteiger partial charge on any atom is 0.213 e. The van der Waals surface area contributed by atoms with Crippen molar-refractivity contribution in [2.24, 2.45) is 0 Å². The van der Waals surface area contributed by atoms with Crippen molar-refractivity contribution in [1.29, 1.82) is 0 Å². The molecule has 0 aromatic carbocycles. The number of thiol groups is 1. The topological polar surface area (TPSA) is 12.9 Å². The zero-order chi connectivity index (χ0) is 9.19. The summed E-state index contributed by atoms with van der Waals surface area (Å²) in [4.78, 5) is 3.78. The van der Waals surface area contributed by atoms with Crippen molar-refractivity contribution in [3.05, 3.63) is 29.8 Å². The fraction of sp³-hybridized carbons (Fsp3) is 0.375. The van der Waals surface area contributed by atoms with Crippen LogP contribution in [0.1, 0.15) is 19.5 Å². The van der Waals surface area contributed by atoms with Crippen molar-refractivity contribution in [1.82, 2.24) is 4.98 Å². The van der Waals surface area contributed by atoms with E-state index < -0.39 is 5.95 Å². The molecule has 0 saturated carbocycles. The highest BCUT2D eigenvalue weighted by molar-refractivity contribution is 8.68. The molecule has 1 aromatic rings. The van der Waals surface area contributed by atoms with Gasteiger partial charge in [0.05, 0.1) is 10.4 Å². The lowest BCUT2D eigenvalue weighted by atomic mass is 10.1. The Morgan fingerprint density at radius 2 is 2.17 bits per heavy atom. The molecule has 0 aliphatic heterocycles. The summed E-state index contributed by atoms with van der Waals surface area (Å²) < 4.78 is 12.4. The number of halogens is 1. The van der Waals surface area contributed by atoms with E-state index in [0.29, 0.717) is 5.69 Å². The van der Waals surface area contributed by atoms with E-state index in [-0.39, 0.29) is 4.75 Å². The maximum atomic E-state index is 12.7. The number of pyridine rings is 1. The minimum atomic E-state index is -0.442. The van der Waals surface area contributed by atoms with Gasteiger partial charge < -0.3 is 0 Å². The lowest BCUT2D eigenvalue weighted by molar-refractivity contribution is 0.567. The molecular formula is C8H10FNS2. The Hall–Kier alpha value is -0.220. The Morgan fingerprint density at radius 1 is 1.50 bits per heavy atom. The van der Waals surface area contributed by atoms with Crippen LogP contribution in [0, 0.1) is 5.95 Å². The van der Waals surface area contributed by atoms with Crippen LogP contribution in [0.15, 0.2) is 18.2 Å². The minimum Gasteiger partial charge on any atom is -0.223 e. The van der Waals surface area contributed by atoms with Gasteiger partial charge in [-0.2, -0.15) is 4.39 Å². The third-order valence-corrected chi connectivity index (χ3v) is 3.60. The summed E-state index contributed by atoms with van der Waals surface area (Å²) >= 11 is 4.10. The summed E-state index contributed by atoms with van der Waals surface area (Å²) in [6, 6.07) is 4.79. The standard InChI is InChI=1S/C8H10FNS2/c1-8(2,12-11)6-4-3-5-7(9)10-6/h3-5,11H,1-2H3. The van der Waals surface area contributed by atoms with Crippen LogP contribution in [-0.2, 0) is 4.75 Å². The molecule has 1 nitrogen and oxygen atoms in total. The lowest BCUT2D eigenvalue weighted by Crippen LogP contribution is -2.12. The molecule has 0 fully saturated rings. The van der Waals surface area contributed by atoms with Crippen molar-refractivity contribution in [3.63, 3.8) is 0 Å². The van der Waals surface area contributed by atoms with Crippen LogP contribution in [0.3, 0.4) is 0 Å². The molecule has 0 atom stereocenters. The van der Waals surface area contributed by atoms with Gasteiger partial charge in [-0.3, -0.25) is 0 Å². The first-order valence-electron chi connectivity index (χ1n) is 3.52. The van der Waals surface area contributed by atoms with Crippen molar-refractivity contribution in [2.45, 2.75) is 18.6 Å². The van der Waals surface area contributed by atoms with Gasteiger partial charge in [-0.25, -0.2) is 4.98 Å². The van der Waals surface area contributed by atoms with E-state index in [1.807, 2.05) is 13.8 Å². The van der Waals surface area contributed by atoms with E-state index in [9.17, 15) is 4.39 Å². The smallest absolute Gasteiger partial charge is 0.213 e. The largest absolute Gasteiger partial charge is 0.223 e. The van der Waals surface area contributed by atoms with E-state index in [1.54, 1.807) is 12.1 Å². The zero-order valence-electron chi connectivity index (χ0n) is 6.91. The molecule has 1 aromatic heterocycles. The van der Waals surface area contributed by atoms with Crippen LogP contribution in [0.5, 0.6) is 0 Å². The lowest BCUT2D eigenvalue weighted by Gasteiger charge is -2.19. The van der Waals surface area contributed by atoms with Crippen LogP contribution < -0.4 is 0 Å². The summed E-state index contributed by atoms with van der Waals surface area (Å²) in [5.41, 5.74) is 0.711. The van der Waals surface area contributed by atoms with E-state index in [1.165, 1.54) is 16.9 Å². The monoisotopic (exact) mass is 203 g/mol.